The Labute approximate surface area is 76.4 Å². The molecule has 0 aromatic carbocycles. The zero-order chi connectivity index (χ0) is 9.42. The van der Waals surface area contributed by atoms with Crippen LogP contribution in [-0.4, -0.2) is 11.2 Å². The van der Waals surface area contributed by atoms with E-state index in [0.717, 1.165) is 12.1 Å². The molecule has 0 saturated heterocycles. The van der Waals surface area contributed by atoms with Gasteiger partial charge in [-0.2, -0.15) is 0 Å². The van der Waals surface area contributed by atoms with Crippen LogP contribution in [0.4, 0.5) is 4.79 Å². The number of amides is 1. The first-order chi connectivity index (χ1) is 6.22. The second-order valence-electron chi connectivity index (χ2n) is 3.37. The molecule has 3 nitrogen and oxygen atoms in total. The van der Waals surface area contributed by atoms with Gasteiger partial charge < -0.3 is 5.11 Å². The van der Waals surface area contributed by atoms with Crippen LogP contribution >= 0.6 is 0 Å². The lowest BCUT2D eigenvalue weighted by Crippen LogP contribution is -2.22. The summed E-state index contributed by atoms with van der Waals surface area (Å²) in [4.78, 5) is 10.4. The van der Waals surface area contributed by atoms with Gasteiger partial charge in [0.1, 0.15) is 0 Å². The molecular weight excluding hydrogens is 166 g/mol. The van der Waals surface area contributed by atoms with E-state index in [0.29, 0.717) is 11.8 Å². The zero-order valence-corrected chi connectivity index (χ0v) is 7.16. The monoisotopic (exact) mass is 177 g/mol. The van der Waals surface area contributed by atoms with Gasteiger partial charge in [-0.3, -0.25) is 5.32 Å². The molecule has 0 heterocycles. The van der Waals surface area contributed by atoms with Crippen LogP contribution in [0.5, 0.6) is 0 Å². The maximum atomic E-state index is 10.4. The van der Waals surface area contributed by atoms with E-state index in [1.54, 1.807) is 0 Å². The SMILES string of the molecule is C=CC1=CC=C(NC(=O)O)C2CC12. The fourth-order valence-electron chi connectivity index (χ4n) is 1.82. The van der Waals surface area contributed by atoms with Crippen molar-refractivity contribution in [2.75, 3.05) is 0 Å². The van der Waals surface area contributed by atoms with E-state index in [4.69, 9.17) is 5.11 Å². The van der Waals surface area contributed by atoms with E-state index in [2.05, 4.69) is 11.9 Å². The second-order valence-corrected chi connectivity index (χ2v) is 3.37. The topological polar surface area (TPSA) is 49.3 Å². The Morgan fingerprint density at radius 1 is 1.62 bits per heavy atom. The van der Waals surface area contributed by atoms with E-state index >= 15 is 0 Å². The number of carboxylic acid groups (broad SMARTS) is 1. The third-order valence-corrected chi connectivity index (χ3v) is 2.56. The lowest BCUT2D eigenvalue weighted by atomic mass is 10.0. The minimum Gasteiger partial charge on any atom is -0.465 e. The molecule has 68 valence electrons. The van der Waals surface area contributed by atoms with Gasteiger partial charge in [0.15, 0.2) is 0 Å². The summed E-state index contributed by atoms with van der Waals surface area (Å²) < 4.78 is 0. The maximum absolute atomic E-state index is 10.4. The molecule has 2 unspecified atom stereocenters. The Bertz CT molecular complexity index is 328. The van der Waals surface area contributed by atoms with Crippen LogP contribution in [0.2, 0.25) is 0 Å². The van der Waals surface area contributed by atoms with Gasteiger partial charge in [0, 0.05) is 11.6 Å². The van der Waals surface area contributed by atoms with Crippen LogP contribution < -0.4 is 5.32 Å². The molecule has 0 spiro atoms. The number of carbonyl (C=O) groups is 1. The molecule has 1 amide bonds. The molecule has 1 fully saturated rings. The van der Waals surface area contributed by atoms with Crippen LogP contribution in [0, 0.1) is 11.8 Å². The van der Waals surface area contributed by atoms with Crippen molar-refractivity contribution in [2.45, 2.75) is 6.42 Å². The summed E-state index contributed by atoms with van der Waals surface area (Å²) in [6.45, 7) is 3.71. The summed E-state index contributed by atoms with van der Waals surface area (Å²) in [6.07, 6.45) is 5.68. The van der Waals surface area contributed by atoms with Gasteiger partial charge in [0.2, 0.25) is 0 Å². The van der Waals surface area contributed by atoms with Gasteiger partial charge in [0.05, 0.1) is 0 Å². The predicted molar refractivity (Wildman–Crippen MR) is 49.1 cm³/mol. The van der Waals surface area contributed by atoms with Gasteiger partial charge in [-0.15, -0.1) is 0 Å². The first-order valence-corrected chi connectivity index (χ1v) is 4.26. The summed E-state index contributed by atoms with van der Waals surface area (Å²) in [7, 11) is 0. The highest BCUT2D eigenvalue weighted by Gasteiger charge is 2.43. The number of hydrogen-bond donors (Lipinski definition) is 2. The van der Waals surface area contributed by atoms with Crippen molar-refractivity contribution in [2.24, 2.45) is 11.8 Å². The Morgan fingerprint density at radius 3 is 3.00 bits per heavy atom. The third kappa shape index (κ3) is 1.37. The van der Waals surface area contributed by atoms with Crippen molar-refractivity contribution in [3.8, 4) is 0 Å². The molecule has 1 saturated carbocycles. The van der Waals surface area contributed by atoms with Crippen molar-refractivity contribution in [3.63, 3.8) is 0 Å². The number of allylic oxidation sites excluding steroid dienone is 5. The Morgan fingerprint density at radius 2 is 2.38 bits per heavy atom. The number of hydrogen-bond acceptors (Lipinski definition) is 1. The molecule has 0 aliphatic heterocycles. The van der Waals surface area contributed by atoms with Crippen molar-refractivity contribution >= 4 is 6.09 Å². The van der Waals surface area contributed by atoms with E-state index in [1.165, 1.54) is 5.57 Å². The average molecular weight is 177 g/mol. The van der Waals surface area contributed by atoms with Gasteiger partial charge in [-0.05, 0) is 24.0 Å². The van der Waals surface area contributed by atoms with Crippen molar-refractivity contribution < 1.29 is 9.90 Å². The zero-order valence-electron chi connectivity index (χ0n) is 7.16. The van der Waals surface area contributed by atoms with Crippen LogP contribution in [0.25, 0.3) is 0 Å². The quantitative estimate of drug-likeness (QED) is 0.676. The minimum absolute atomic E-state index is 0.383. The summed E-state index contributed by atoms with van der Waals surface area (Å²) in [6, 6.07) is 0. The molecular formula is C10H11NO2. The average Bonchev–Trinajstić information content (AvgIpc) is 2.83. The van der Waals surface area contributed by atoms with Crippen LogP contribution in [-0.2, 0) is 0 Å². The van der Waals surface area contributed by atoms with Crippen LogP contribution in [0.15, 0.2) is 36.1 Å². The van der Waals surface area contributed by atoms with E-state index in [1.807, 2.05) is 18.2 Å². The summed E-state index contributed by atoms with van der Waals surface area (Å²) >= 11 is 0. The Balaban J connectivity index is 2.15. The highest BCUT2D eigenvalue weighted by Crippen LogP contribution is 2.50. The molecule has 3 heteroatoms. The van der Waals surface area contributed by atoms with Gasteiger partial charge in [0.25, 0.3) is 0 Å². The highest BCUT2D eigenvalue weighted by molar-refractivity contribution is 5.68. The molecule has 2 rings (SSSR count). The van der Waals surface area contributed by atoms with Crippen LogP contribution in [0.1, 0.15) is 6.42 Å². The minimum atomic E-state index is -0.979. The largest absolute Gasteiger partial charge is 0.465 e. The standard InChI is InChI=1S/C10H11NO2/c1-2-6-3-4-9(11-10(12)13)8-5-7(6)8/h2-4,7-8,11H,1,5H2,(H,12,13). The third-order valence-electron chi connectivity index (χ3n) is 2.56. The normalized spacial score (nSPS) is 29.5. The Kier molecular flexibility index (Phi) is 1.72. The highest BCUT2D eigenvalue weighted by atomic mass is 16.4. The first kappa shape index (κ1) is 8.10. The van der Waals surface area contributed by atoms with E-state index in [-0.39, 0.29) is 0 Å². The fraction of sp³-hybridized carbons (Fsp3) is 0.300. The molecule has 0 radical (unpaired) electrons. The van der Waals surface area contributed by atoms with Gasteiger partial charge >= 0.3 is 6.09 Å². The lowest BCUT2D eigenvalue weighted by Gasteiger charge is -2.10. The van der Waals surface area contributed by atoms with E-state index < -0.39 is 6.09 Å². The predicted octanol–water partition coefficient (Wildman–Crippen LogP) is 1.90. The van der Waals surface area contributed by atoms with Crippen molar-refractivity contribution in [1.82, 2.24) is 5.32 Å². The smallest absolute Gasteiger partial charge is 0.408 e. The van der Waals surface area contributed by atoms with Gasteiger partial charge in [-0.25, -0.2) is 4.79 Å². The van der Waals surface area contributed by atoms with E-state index in [9.17, 15) is 4.79 Å². The molecule has 2 atom stereocenters. The van der Waals surface area contributed by atoms with Gasteiger partial charge in [-0.1, -0.05) is 18.7 Å². The molecule has 13 heavy (non-hydrogen) atoms. The van der Waals surface area contributed by atoms with Crippen LogP contribution in [0.3, 0.4) is 0 Å². The number of nitrogens with one attached hydrogen (secondary N) is 1. The number of rotatable bonds is 2. The molecule has 0 aromatic rings. The Hall–Kier alpha value is -1.51. The van der Waals surface area contributed by atoms with Crippen molar-refractivity contribution in [3.05, 3.63) is 36.1 Å². The summed E-state index contributed by atoms with van der Waals surface area (Å²) in [5.41, 5.74) is 2.05. The molecule has 2 aliphatic carbocycles. The number of fused-ring (bicyclic) bond motifs is 1. The molecule has 2 aliphatic rings. The summed E-state index contributed by atoms with van der Waals surface area (Å²) in [5.74, 6) is 0.887. The molecule has 0 bridgehead atoms. The maximum Gasteiger partial charge on any atom is 0.408 e. The fourth-order valence-corrected chi connectivity index (χ4v) is 1.82. The lowest BCUT2D eigenvalue weighted by molar-refractivity contribution is 0.197. The van der Waals surface area contributed by atoms with Crippen molar-refractivity contribution in [1.29, 1.82) is 0 Å². The summed E-state index contributed by atoms with van der Waals surface area (Å²) in [5, 5.41) is 10.9. The first-order valence-electron chi connectivity index (χ1n) is 4.26. The second kappa shape index (κ2) is 2.76. The molecule has 2 N–H and O–H groups in total. The molecule has 0 aromatic heterocycles.